The first-order valence-electron chi connectivity index (χ1n) is 8.69. The number of aromatic nitrogens is 3. The summed E-state index contributed by atoms with van der Waals surface area (Å²) >= 11 is 0. The number of carbonyl (C=O) groups excluding carboxylic acids is 1. The summed E-state index contributed by atoms with van der Waals surface area (Å²) in [6.45, 7) is 0. The van der Waals surface area contributed by atoms with Gasteiger partial charge in [0.05, 0.1) is 12.4 Å². The van der Waals surface area contributed by atoms with Crippen LogP contribution in [0.5, 0.6) is 0 Å². The van der Waals surface area contributed by atoms with Gasteiger partial charge < -0.3 is 5.73 Å². The van der Waals surface area contributed by atoms with Crippen LogP contribution in [0, 0.1) is 0 Å². The van der Waals surface area contributed by atoms with Crippen molar-refractivity contribution in [2.75, 3.05) is 7.05 Å². The zero-order valence-corrected chi connectivity index (χ0v) is 15.3. The Morgan fingerprint density at radius 1 is 1.03 bits per heavy atom. The second kappa shape index (κ2) is 7.01. The van der Waals surface area contributed by atoms with Crippen molar-refractivity contribution in [3.05, 3.63) is 77.9 Å². The van der Waals surface area contributed by atoms with E-state index in [1.165, 1.54) is 30.3 Å². The minimum atomic E-state index is -2.71. The topological polar surface area (TPSA) is 97.4 Å². The number of benzene rings is 1. The summed E-state index contributed by atoms with van der Waals surface area (Å²) in [7, 11) is 1.51. The molecule has 0 aliphatic carbocycles. The number of hydrogen-bond donors (Lipinski definition) is 1. The van der Waals surface area contributed by atoms with Gasteiger partial charge in [0.2, 0.25) is 0 Å². The summed E-state index contributed by atoms with van der Waals surface area (Å²) in [6, 6.07) is 11.6. The highest BCUT2D eigenvalue weighted by molar-refractivity contribution is 6.09. The van der Waals surface area contributed by atoms with E-state index in [0.29, 0.717) is 11.1 Å². The van der Waals surface area contributed by atoms with E-state index < -0.39 is 17.9 Å². The van der Waals surface area contributed by atoms with Gasteiger partial charge in [0.1, 0.15) is 5.69 Å². The highest BCUT2D eigenvalue weighted by Crippen LogP contribution is 2.40. The second-order valence-electron chi connectivity index (χ2n) is 6.53. The van der Waals surface area contributed by atoms with E-state index in [0.717, 1.165) is 11.1 Å². The van der Waals surface area contributed by atoms with Gasteiger partial charge in [0.25, 0.3) is 12.3 Å². The second-order valence-corrected chi connectivity index (χ2v) is 6.53. The first kappa shape index (κ1) is 18.6. The van der Waals surface area contributed by atoms with Crippen LogP contribution in [0.2, 0.25) is 0 Å². The lowest BCUT2D eigenvalue weighted by molar-refractivity contribution is -0.129. The van der Waals surface area contributed by atoms with Gasteiger partial charge >= 0.3 is 0 Å². The Hall–Kier alpha value is -3.75. The fourth-order valence-electron chi connectivity index (χ4n) is 3.32. The molecule has 1 aliphatic rings. The van der Waals surface area contributed by atoms with Crippen LogP contribution >= 0.6 is 0 Å². The third-order valence-electron chi connectivity index (χ3n) is 4.87. The summed E-state index contributed by atoms with van der Waals surface area (Å²) in [4.78, 5) is 22.7. The smallest absolute Gasteiger partial charge is 0.280 e. The third kappa shape index (κ3) is 3.00. The molecule has 0 radical (unpaired) electrons. The number of pyridine rings is 1. The van der Waals surface area contributed by atoms with Gasteiger partial charge in [0.15, 0.2) is 11.5 Å². The van der Waals surface area contributed by atoms with E-state index in [-0.39, 0.29) is 11.7 Å². The molecule has 4 rings (SSSR count). The largest absolute Gasteiger partial charge is 0.369 e. The summed E-state index contributed by atoms with van der Waals surface area (Å²) in [5.74, 6) is -0.365. The average molecular weight is 394 g/mol. The molecular weight excluding hydrogens is 378 g/mol. The van der Waals surface area contributed by atoms with Crippen LogP contribution in [-0.4, -0.2) is 39.0 Å². The molecule has 3 heterocycles. The highest BCUT2D eigenvalue weighted by Gasteiger charge is 2.49. The number of nitrogens with two attached hydrogens (primary N) is 1. The Balaban J connectivity index is 1.90. The van der Waals surface area contributed by atoms with E-state index >= 15 is 0 Å². The van der Waals surface area contributed by atoms with Crippen molar-refractivity contribution in [1.82, 2.24) is 20.1 Å². The molecule has 29 heavy (non-hydrogen) atoms. The standard InChI is InChI=1S/C20H16F2N6O/c1-28-18(29)20(27-19(28)23,15-5-6-16(17(21)22)24-11-15)14-4-2-3-12(9-14)13-7-8-25-26-10-13/h2-11,17H,1H3,(H2,23,27). The van der Waals surface area contributed by atoms with Crippen molar-refractivity contribution < 1.29 is 13.6 Å². The zero-order chi connectivity index (χ0) is 20.6. The van der Waals surface area contributed by atoms with Gasteiger partial charge in [-0.15, -0.1) is 0 Å². The Bertz CT molecular complexity index is 1090. The van der Waals surface area contributed by atoms with Crippen molar-refractivity contribution in [3.8, 4) is 11.1 Å². The fourth-order valence-corrected chi connectivity index (χ4v) is 3.32. The van der Waals surface area contributed by atoms with Crippen molar-refractivity contribution in [3.63, 3.8) is 0 Å². The number of carbonyl (C=O) groups is 1. The third-order valence-corrected chi connectivity index (χ3v) is 4.87. The Morgan fingerprint density at radius 3 is 2.45 bits per heavy atom. The predicted octanol–water partition coefficient (Wildman–Crippen LogP) is 2.51. The number of amides is 1. The number of nitrogens with zero attached hydrogens (tertiary/aromatic N) is 5. The first-order chi connectivity index (χ1) is 13.9. The van der Waals surface area contributed by atoms with Crippen LogP contribution < -0.4 is 5.73 Å². The molecule has 2 N–H and O–H groups in total. The molecule has 1 atom stereocenters. The van der Waals surface area contributed by atoms with Crippen LogP contribution in [0.15, 0.2) is 66.0 Å². The van der Waals surface area contributed by atoms with Gasteiger partial charge in [-0.25, -0.2) is 13.8 Å². The van der Waals surface area contributed by atoms with Gasteiger partial charge in [-0.05, 0) is 29.3 Å². The first-order valence-corrected chi connectivity index (χ1v) is 8.69. The quantitative estimate of drug-likeness (QED) is 0.733. The maximum Gasteiger partial charge on any atom is 0.280 e. The molecule has 0 spiro atoms. The lowest BCUT2D eigenvalue weighted by Crippen LogP contribution is -2.41. The van der Waals surface area contributed by atoms with Crippen molar-refractivity contribution in [1.29, 1.82) is 0 Å². The molecular formula is C20H16F2N6O. The molecule has 0 bridgehead atoms. The van der Waals surface area contributed by atoms with Gasteiger partial charge in [0, 0.05) is 24.4 Å². The van der Waals surface area contributed by atoms with E-state index in [9.17, 15) is 13.6 Å². The maximum atomic E-state index is 13.2. The normalized spacial score (nSPS) is 19.0. The predicted molar refractivity (Wildman–Crippen MR) is 102 cm³/mol. The number of aliphatic imine (C=N–C) groups is 1. The molecule has 3 aromatic rings. The van der Waals surface area contributed by atoms with Gasteiger partial charge in [-0.2, -0.15) is 10.2 Å². The summed E-state index contributed by atoms with van der Waals surface area (Å²) in [5.41, 5.74) is 6.54. The van der Waals surface area contributed by atoms with Gasteiger partial charge in [-0.3, -0.25) is 14.7 Å². The molecule has 1 unspecified atom stereocenters. The van der Waals surface area contributed by atoms with Crippen molar-refractivity contribution in [2.24, 2.45) is 10.7 Å². The molecule has 0 fully saturated rings. The van der Waals surface area contributed by atoms with Gasteiger partial charge in [-0.1, -0.05) is 24.3 Å². The number of hydrogen-bond acceptors (Lipinski definition) is 6. The molecule has 9 heteroatoms. The number of likely N-dealkylation sites (N-methyl/N-ethyl adjacent to an activating group) is 1. The molecule has 146 valence electrons. The number of guanidine groups is 1. The lowest BCUT2D eigenvalue weighted by Gasteiger charge is -2.26. The van der Waals surface area contributed by atoms with Crippen LogP contribution in [0.25, 0.3) is 11.1 Å². The molecule has 0 saturated heterocycles. The number of rotatable bonds is 4. The number of halogens is 2. The van der Waals surface area contributed by atoms with E-state index in [2.05, 4.69) is 20.2 Å². The van der Waals surface area contributed by atoms with E-state index in [4.69, 9.17) is 5.73 Å². The summed E-state index contributed by atoms with van der Waals surface area (Å²) in [5, 5.41) is 7.64. The Morgan fingerprint density at radius 2 is 1.86 bits per heavy atom. The van der Waals surface area contributed by atoms with Crippen molar-refractivity contribution >= 4 is 11.9 Å². The molecule has 1 aromatic carbocycles. The van der Waals surface area contributed by atoms with E-state index in [1.807, 2.05) is 6.07 Å². The molecule has 7 nitrogen and oxygen atoms in total. The number of alkyl halides is 2. The molecule has 1 amide bonds. The average Bonchev–Trinajstić information content (AvgIpc) is 2.99. The molecule has 1 aliphatic heterocycles. The van der Waals surface area contributed by atoms with Crippen LogP contribution in [0.3, 0.4) is 0 Å². The molecule has 2 aromatic heterocycles. The van der Waals surface area contributed by atoms with E-state index in [1.54, 1.807) is 36.7 Å². The summed E-state index contributed by atoms with van der Waals surface area (Å²) < 4.78 is 25.9. The minimum absolute atomic E-state index is 0.0314. The lowest BCUT2D eigenvalue weighted by atomic mass is 9.82. The Labute approximate surface area is 164 Å². The Kier molecular flexibility index (Phi) is 4.50. The molecule has 0 saturated carbocycles. The maximum absolute atomic E-state index is 13.2. The van der Waals surface area contributed by atoms with Crippen LogP contribution in [0.4, 0.5) is 8.78 Å². The highest BCUT2D eigenvalue weighted by atomic mass is 19.3. The van der Waals surface area contributed by atoms with Crippen molar-refractivity contribution in [2.45, 2.75) is 12.0 Å². The fraction of sp³-hybridized carbons (Fsp3) is 0.150. The zero-order valence-electron chi connectivity index (χ0n) is 15.3. The SMILES string of the molecule is CN1C(=O)C(c2ccc(C(F)F)nc2)(c2cccc(-c3ccnnc3)c2)N=C1N. The van der Waals surface area contributed by atoms with Crippen LogP contribution in [0.1, 0.15) is 23.2 Å². The minimum Gasteiger partial charge on any atom is -0.369 e. The monoisotopic (exact) mass is 394 g/mol. The van der Waals surface area contributed by atoms with Crippen LogP contribution in [-0.2, 0) is 10.3 Å². The summed E-state index contributed by atoms with van der Waals surface area (Å²) in [6.07, 6.45) is 1.70.